The monoisotopic (exact) mass is 318 g/mol. The Balaban J connectivity index is 1.86. The molecular formula is C19H30N2O2. The Morgan fingerprint density at radius 1 is 1.35 bits per heavy atom. The lowest BCUT2D eigenvalue weighted by atomic mass is 9.98. The summed E-state index contributed by atoms with van der Waals surface area (Å²) < 4.78 is 0. The molecule has 1 amide bonds. The number of benzene rings is 1. The van der Waals surface area contributed by atoms with Gasteiger partial charge in [-0.2, -0.15) is 0 Å². The van der Waals surface area contributed by atoms with E-state index in [-0.39, 0.29) is 5.91 Å². The third kappa shape index (κ3) is 5.96. The van der Waals surface area contributed by atoms with Crippen LogP contribution in [0, 0.1) is 0 Å². The van der Waals surface area contributed by atoms with E-state index in [1.54, 1.807) is 0 Å². The summed E-state index contributed by atoms with van der Waals surface area (Å²) in [4.78, 5) is 14.8. The molecular weight excluding hydrogens is 288 g/mol. The van der Waals surface area contributed by atoms with Gasteiger partial charge in [-0.05, 0) is 77.2 Å². The molecule has 1 heterocycles. The fourth-order valence-electron chi connectivity index (χ4n) is 2.97. The standard InChI is InChI=1S/C19H30N2O2/c1-15(21-11-4-5-12-21)14-20-18(22)17-8-6-7-16(13-17)9-10-19(2,3)23/h6-8,13,15,23H,4-5,9-12,14H2,1-3H3,(H,20,22)/t15-/m0/s1. The molecule has 2 rings (SSSR count). The van der Waals surface area contributed by atoms with Crippen LogP contribution in [0.15, 0.2) is 24.3 Å². The number of aliphatic hydroxyl groups is 1. The molecule has 2 N–H and O–H groups in total. The lowest BCUT2D eigenvalue weighted by Crippen LogP contribution is -2.40. The van der Waals surface area contributed by atoms with E-state index < -0.39 is 5.60 Å². The van der Waals surface area contributed by atoms with Crippen molar-refractivity contribution in [1.82, 2.24) is 10.2 Å². The number of nitrogens with zero attached hydrogens (tertiary/aromatic N) is 1. The highest BCUT2D eigenvalue weighted by Crippen LogP contribution is 2.15. The first kappa shape index (κ1) is 18.0. The molecule has 0 unspecified atom stereocenters. The van der Waals surface area contributed by atoms with Crippen LogP contribution in [-0.2, 0) is 6.42 Å². The second kappa shape index (κ2) is 7.93. The summed E-state index contributed by atoms with van der Waals surface area (Å²) in [5, 5.41) is 12.9. The van der Waals surface area contributed by atoms with Crippen LogP contribution in [0.5, 0.6) is 0 Å². The van der Waals surface area contributed by atoms with Gasteiger partial charge in [0.25, 0.3) is 5.91 Å². The molecule has 128 valence electrons. The number of rotatable bonds is 7. The molecule has 1 atom stereocenters. The Bertz CT molecular complexity index is 516. The number of aryl methyl sites for hydroxylation is 1. The largest absolute Gasteiger partial charge is 0.390 e. The summed E-state index contributed by atoms with van der Waals surface area (Å²) in [6.07, 6.45) is 3.99. The first-order valence-electron chi connectivity index (χ1n) is 8.69. The van der Waals surface area contributed by atoms with E-state index in [0.29, 0.717) is 24.6 Å². The van der Waals surface area contributed by atoms with Gasteiger partial charge in [0.2, 0.25) is 0 Å². The van der Waals surface area contributed by atoms with E-state index >= 15 is 0 Å². The van der Waals surface area contributed by atoms with E-state index in [4.69, 9.17) is 0 Å². The summed E-state index contributed by atoms with van der Waals surface area (Å²) in [5.74, 6) is -0.0128. The summed E-state index contributed by atoms with van der Waals surface area (Å²) >= 11 is 0. The van der Waals surface area contributed by atoms with Crippen LogP contribution in [0.1, 0.15) is 56.0 Å². The van der Waals surface area contributed by atoms with Crippen molar-refractivity contribution in [1.29, 1.82) is 0 Å². The minimum absolute atomic E-state index is 0.0128. The number of carbonyl (C=O) groups excluding carboxylic acids is 1. The highest BCUT2D eigenvalue weighted by Gasteiger charge is 2.19. The van der Waals surface area contributed by atoms with Gasteiger partial charge in [-0.25, -0.2) is 0 Å². The molecule has 0 aliphatic carbocycles. The molecule has 1 fully saturated rings. The highest BCUT2D eigenvalue weighted by molar-refractivity contribution is 5.94. The number of carbonyl (C=O) groups is 1. The Hall–Kier alpha value is -1.39. The molecule has 23 heavy (non-hydrogen) atoms. The van der Waals surface area contributed by atoms with Crippen LogP contribution in [0.4, 0.5) is 0 Å². The zero-order chi connectivity index (χ0) is 16.9. The SMILES string of the molecule is C[C@@H](CNC(=O)c1cccc(CCC(C)(C)O)c1)N1CCCC1. The molecule has 1 aromatic rings. The van der Waals surface area contributed by atoms with Crippen LogP contribution in [-0.4, -0.2) is 47.2 Å². The predicted octanol–water partition coefficient (Wildman–Crippen LogP) is 2.60. The average Bonchev–Trinajstić information content (AvgIpc) is 3.04. The summed E-state index contributed by atoms with van der Waals surface area (Å²) in [6.45, 7) is 8.76. The van der Waals surface area contributed by atoms with Crippen molar-refractivity contribution >= 4 is 5.91 Å². The van der Waals surface area contributed by atoms with Crippen molar-refractivity contribution in [2.75, 3.05) is 19.6 Å². The number of amides is 1. The van der Waals surface area contributed by atoms with Gasteiger partial charge in [0, 0.05) is 18.2 Å². The van der Waals surface area contributed by atoms with Crippen molar-refractivity contribution in [2.45, 2.75) is 58.1 Å². The summed E-state index contributed by atoms with van der Waals surface area (Å²) in [6, 6.07) is 8.10. The zero-order valence-electron chi connectivity index (χ0n) is 14.6. The zero-order valence-corrected chi connectivity index (χ0v) is 14.6. The molecule has 0 radical (unpaired) electrons. The lowest BCUT2D eigenvalue weighted by Gasteiger charge is -2.23. The first-order chi connectivity index (χ1) is 10.8. The fraction of sp³-hybridized carbons (Fsp3) is 0.632. The maximum absolute atomic E-state index is 12.3. The van der Waals surface area contributed by atoms with Crippen LogP contribution < -0.4 is 5.32 Å². The van der Waals surface area contributed by atoms with E-state index in [1.807, 2.05) is 38.1 Å². The van der Waals surface area contributed by atoms with Crippen LogP contribution in [0.25, 0.3) is 0 Å². The Kier molecular flexibility index (Phi) is 6.19. The van der Waals surface area contributed by atoms with Gasteiger partial charge in [-0.3, -0.25) is 9.69 Å². The Morgan fingerprint density at radius 2 is 2.04 bits per heavy atom. The van der Waals surface area contributed by atoms with Crippen molar-refractivity contribution < 1.29 is 9.90 Å². The molecule has 0 bridgehead atoms. The van der Waals surface area contributed by atoms with Crippen molar-refractivity contribution in [3.63, 3.8) is 0 Å². The van der Waals surface area contributed by atoms with Gasteiger partial charge >= 0.3 is 0 Å². The minimum atomic E-state index is -0.677. The maximum Gasteiger partial charge on any atom is 0.251 e. The summed E-state index contributed by atoms with van der Waals surface area (Å²) in [7, 11) is 0. The van der Waals surface area contributed by atoms with Gasteiger partial charge in [-0.15, -0.1) is 0 Å². The lowest BCUT2D eigenvalue weighted by molar-refractivity contribution is 0.0714. The summed E-state index contributed by atoms with van der Waals surface area (Å²) in [5.41, 5.74) is 1.11. The Morgan fingerprint density at radius 3 is 2.70 bits per heavy atom. The molecule has 1 aliphatic heterocycles. The van der Waals surface area contributed by atoms with Crippen molar-refractivity contribution in [3.8, 4) is 0 Å². The topological polar surface area (TPSA) is 52.6 Å². The van der Waals surface area contributed by atoms with Gasteiger partial charge < -0.3 is 10.4 Å². The second-order valence-electron chi connectivity index (χ2n) is 7.31. The molecule has 1 aromatic carbocycles. The molecule has 0 saturated carbocycles. The van der Waals surface area contributed by atoms with Gasteiger partial charge in [-0.1, -0.05) is 12.1 Å². The quantitative estimate of drug-likeness (QED) is 0.812. The highest BCUT2D eigenvalue weighted by atomic mass is 16.3. The van der Waals surface area contributed by atoms with E-state index in [9.17, 15) is 9.90 Å². The predicted molar refractivity (Wildman–Crippen MR) is 93.7 cm³/mol. The first-order valence-corrected chi connectivity index (χ1v) is 8.69. The van der Waals surface area contributed by atoms with Crippen LogP contribution in [0.3, 0.4) is 0 Å². The van der Waals surface area contributed by atoms with Crippen molar-refractivity contribution in [2.24, 2.45) is 0 Å². The normalized spacial score (nSPS) is 17.2. The second-order valence-corrected chi connectivity index (χ2v) is 7.31. The van der Waals surface area contributed by atoms with E-state index in [1.165, 1.54) is 12.8 Å². The average molecular weight is 318 g/mol. The van der Waals surface area contributed by atoms with Gasteiger partial charge in [0.15, 0.2) is 0 Å². The number of nitrogens with one attached hydrogen (secondary N) is 1. The van der Waals surface area contributed by atoms with Crippen LogP contribution in [0.2, 0.25) is 0 Å². The van der Waals surface area contributed by atoms with Crippen molar-refractivity contribution in [3.05, 3.63) is 35.4 Å². The molecule has 4 heteroatoms. The van der Waals surface area contributed by atoms with E-state index in [2.05, 4.69) is 17.1 Å². The minimum Gasteiger partial charge on any atom is -0.390 e. The smallest absolute Gasteiger partial charge is 0.251 e. The Labute approximate surface area is 139 Å². The molecule has 4 nitrogen and oxygen atoms in total. The van der Waals surface area contributed by atoms with Gasteiger partial charge in [0.05, 0.1) is 5.60 Å². The third-order valence-electron chi connectivity index (χ3n) is 4.54. The third-order valence-corrected chi connectivity index (χ3v) is 4.54. The van der Waals surface area contributed by atoms with Gasteiger partial charge in [0.1, 0.15) is 0 Å². The molecule has 0 aromatic heterocycles. The van der Waals surface area contributed by atoms with E-state index in [0.717, 1.165) is 25.1 Å². The van der Waals surface area contributed by atoms with Crippen LogP contribution >= 0.6 is 0 Å². The molecule has 1 aliphatic rings. The number of hydrogen-bond donors (Lipinski definition) is 2. The maximum atomic E-state index is 12.3. The number of hydrogen-bond acceptors (Lipinski definition) is 3. The fourth-order valence-corrected chi connectivity index (χ4v) is 2.97. The molecule has 1 saturated heterocycles. The molecule has 0 spiro atoms. The number of likely N-dealkylation sites (tertiary alicyclic amines) is 1.